The van der Waals surface area contributed by atoms with Crippen LogP contribution in [0.5, 0.6) is 0 Å². The number of aromatic nitrogens is 1. The molecule has 0 spiro atoms. The second-order valence-electron chi connectivity index (χ2n) is 7.01. The van der Waals surface area contributed by atoms with Gasteiger partial charge in [-0.1, -0.05) is 24.3 Å². The lowest BCUT2D eigenvalue weighted by molar-refractivity contribution is 0.589. The first-order valence-electron chi connectivity index (χ1n) is 9.47. The lowest BCUT2D eigenvalue weighted by atomic mass is 10.0. The van der Waals surface area contributed by atoms with E-state index in [4.69, 9.17) is 4.42 Å². The van der Waals surface area contributed by atoms with Gasteiger partial charge in [0.25, 0.3) is 0 Å². The molecule has 4 aromatic rings. The Labute approximate surface area is 162 Å². The molecule has 0 aliphatic carbocycles. The Morgan fingerprint density at radius 1 is 0.893 bits per heavy atom. The van der Waals surface area contributed by atoms with Gasteiger partial charge in [-0.25, -0.2) is 4.39 Å². The molecule has 0 saturated carbocycles. The van der Waals surface area contributed by atoms with Crippen molar-refractivity contribution in [2.24, 2.45) is 0 Å². The maximum atomic E-state index is 13.2. The van der Waals surface area contributed by atoms with Gasteiger partial charge in [-0.15, -0.1) is 0 Å². The summed E-state index contributed by atoms with van der Waals surface area (Å²) < 4.78 is 18.9. The highest BCUT2D eigenvalue weighted by Gasteiger charge is 2.13. The van der Waals surface area contributed by atoms with Crippen molar-refractivity contribution in [2.75, 3.05) is 31.1 Å². The smallest absolute Gasteiger partial charge is 0.153 e. The molecule has 1 aliphatic rings. The van der Waals surface area contributed by atoms with Crippen LogP contribution in [-0.2, 0) is 0 Å². The first-order valence-corrected chi connectivity index (χ1v) is 9.47. The Bertz CT molecular complexity index is 1100. The van der Waals surface area contributed by atoms with Crippen molar-refractivity contribution >= 4 is 16.8 Å². The van der Waals surface area contributed by atoms with Gasteiger partial charge in [0.1, 0.15) is 17.6 Å². The second-order valence-corrected chi connectivity index (χ2v) is 7.01. The van der Waals surface area contributed by atoms with E-state index in [1.54, 1.807) is 18.4 Å². The van der Waals surface area contributed by atoms with Crippen molar-refractivity contribution in [2.45, 2.75) is 0 Å². The van der Waals surface area contributed by atoms with Crippen molar-refractivity contribution in [3.8, 4) is 22.3 Å². The molecule has 3 heterocycles. The maximum absolute atomic E-state index is 13.2. The molecular weight excluding hydrogens is 353 g/mol. The van der Waals surface area contributed by atoms with Gasteiger partial charge in [0, 0.05) is 49.2 Å². The molecular formula is C23H20FN3O. The highest BCUT2D eigenvalue weighted by atomic mass is 19.1. The molecule has 0 radical (unpaired) electrons. The maximum Gasteiger partial charge on any atom is 0.153 e. The van der Waals surface area contributed by atoms with Crippen molar-refractivity contribution in [1.82, 2.24) is 10.3 Å². The van der Waals surface area contributed by atoms with Crippen LogP contribution in [0.2, 0.25) is 0 Å². The van der Waals surface area contributed by atoms with E-state index < -0.39 is 0 Å². The third-order valence-corrected chi connectivity index (χ3v) is 5.25. The van der Waals surface area contributed by atoms with E-state index in [1.807, 2.05) is 12.3 Å². The fraction of sp³-hybridized carbons (Fsp3) is 0.174. The molecule has 28 heavy (non-hydrogen) atoms. The minimum absolute atomic E-state index is 0.254. The predicted molar refractivity (Wildman–Crippen MR) is 110 cm³/mol. The summed E-state index contributed by atoms with van der Waals surface area (Å²) in [7, 11) is 0. The van der Waals surface area contributed by atoms with Crippen LogP contribution in [0.3, 0.4) is 0 Å². The Balaban J connectivity index is 1.44. The van der Waals surface area contributed by atoms with Gasteiger partial charge in [0.2, 0.25) is 0 Å². The molecule has 5 heteroatoms. The number of benzene rings is 2. The van der Waals surface area contributed by atoms with Gasteiger partial charge in [-0.2, -0.15) is 0 Å². The third-order valence-electron chi connectivity index (χ3n) is 5.25. The summed E-state index contributed by atoms with van der Waals surface area (Å²) in [5, 5.41) is 3.38. The van der Waals surface area contributed by atoms with Gasteiger partial charge in [0.05, 0.1) is 0 Å². The number of anilines is 1. The zero-order chi connectivity index (χ0) is 18.9. The van der Waals surface area contributed by atoms with E-state index in [9.17, 15) is 4.39 Å². The minimum Gasteiger partial charge on any atom is -0.462 e. The quantitative estimate of drug-likeness (QED) is 0.565. The Morgan fingerprint density at radius 3 is 2.36 bits per heavy atom. The molecule has 1 aliphatic heterocycles. The number of fused-ring (bicyclic) bond motifs is 1. The van der Waals surface area contributed by atoms with E-state index in [0.717, 1.165) is 59.5 Å². The zero-order valence-electron chi connectivity index (χ0n) is 15.4. The molecule has 140 valence electrons. The molecule has 0 bridgehead atoms. The first kappa shape index (κ1) is 17.0. The summed E-state index contributed by atoms with van der Waals surface area (Å²) in [4.78, 5) is 7.01. The largest absolute Gasteiger partial charge is 0.462 e. The number of nitrogens with zero attached hydrogens (tertiary/aromatic N) is 2. The number of nitrogens with one attached hydrogen (secondary N) is 1. The SMILES string of the molecule is Fc1ccc(-c2coc3cc(-c4ccc(N5CCNCC5)cc4)cnc23)cc1. The number of furan rings is 1. The van der Waals surface area contributed by atoms with Crippen LogP contribution in [0.4, 0.5) is 10.1 Å². The topological polar surface area (TPSA) is 41.3 Å². The van der Waals surface area contributed by atoms with Crippen molar-refractivity contribution < 1.29 is 8.81 Å². The normalized spacial score (nSPS) is 14.5. The fourth-order valence-electron chi connectivity index (χ4n) is 3.69. The standard InChI is InChI=1S/C23H20FN3O/c24-19-5-1-17(2-6-19)21-15-28-22-13-18(14-26-23(21)22)16-3-7-20(8-4-16)27-11-9-25-10-12-27/h1-8,13-15,25H,9-12H2. The molecule has 1 fully saturated rings. The highest BCUT2D eigenvalue weighted by Crippen LogP contribution is 2.32. The van der Waals surface area contributed by atoms with Gasteiger partial charge in [-0.3, -0.25) is 4.98 Å². The second kappa shape index (κ2) is 7.09. The summed E-state index contributed by atoms with van der Waals surface area (Å²) in [5.41, 5.74) is 6.63. The zero-order valence-corrected chi connectivity index (χ0v) is 15.4. The summed E-state index contributed by atoms with van der Waals surface area (Å²) in [6.45, 7) is 4.12. The van der Waals surface area contributed by atoms with Gasteiger partial charge in [0.15, 0.2) is 5.58 Å². The van der Waals surface area contributed by atoms with Crippen LogP contribution in [0, 0.1) is 5.82 Å². The average Bonchev–Trinajstić information content (AvgIpc) is 3.18. The van der Waals surface area contributed by atoms with E-state index in [0.29, 0.717) is 0 Å². The number of hydrogen-bond donors (Lipinski definition) is 1. The molecule has 0 amide bonds. The summed E-state index contributed by atoms with van der Waals surface area (Å²) in [6, 6.07) is 17.0. The summed E-state index contributed by atoms with van der Waals surface area (Å²) >= 11 is 0. The van der Waals surface area contributed by atoms with Crippen molar-refractivity contribution in [3.63, 3.8) is 0 Å². The molecule has 2 aromatic heterocycles. The summed E-state index contributed by atoms with van der Waals surface area (Å²) in [5.74, 6) is -0.254. The molecule has 4 nitrogen and oxygen atoms in total. The van der Waals surface area contributed by atoms with Crippen LogP contribution in [0.25, 0.3) is 33.4 Å². The number of rotatable bonds is 3. The van der Waals surface area contributed by atoms with Crippen molar-refractivity contribution in [1.29, 1.82) is 0 Å². The van der Waals surface area contributed by atoms with Gasteiger partial charge < -0.3 is 14.6 Å². The Kier molecular flexibility index (Phi) is 4.29. The molecule has 5 rings (SSSR count). The summed E-state index contributed by atoms with van der Waals surface area (Å²) in [6.07, 6.45) is 3.55. The van der Waals surface area contributed by atoms with Crippen LogP contribution in [0.15, 0.2) is 71.5 Å². The van der Waals surface area contributed by atoms with Crippen molar-refractivity contribution in [3.05, 3.63) is 72.9 Å². The van der Waals surface area contributed by atoms with Crippen LogP contribution in [0.1, 0.15) is 0 Å². The monoisotopic (exact) mass is 373 g/mol. The van der Waals surface area contributed by atoms with Crippen LogP contribution < -0.4 is 10.2 Å². The Morgan fingerprint density at radius 2 is 1.61 bits per heavy atom. The van der Waals surface area contributed by atoms with E-state index in [-0.39, 0.29) is 5.82 Å². The molecule has 1 saturated heterocycles. The lowest BCUT2D eigenvalue weighted by Gasteiger charge is -2.29. The predicted octanol–water partition coefficient (Wildman–Crippen LogP) is 4.71. The van der Waals surface area contributed by atoms with E-state index >= 15 is 0 Å². The van der Waals surface area contributed by atoms with Crippen LogP contribution in [-0.4, -0.2) is 31.2 Å². The van der Waals surface area contributed by atoms with Gasteiger partial charge >= 0.3 is 0 Å². The Hall–Kier alpha value is -3.18. The molecule has 2 aromatic carbocycles. The van der Waals surface area contributed by atoms with E-state index in [2.05, 4.69) is 39.5 Å². The van der Waals surface area contributed by atoms with Gasteiger partial charge in [-0.05, 0) is 41.5 Å². The minimum atomic E-state index is -0.254. The molecule has 0 atom stereocenters. The number of hydrogen-bond acceptors (Lipinski definition) is 4. The molecule has 0 unspecified atom stereocenters. The van der Waals surface area contributed by atoms with E-state index in [1.165, 1.54) is 17.8 Å². The molecule has 1 N–H and O–H groups in total. The fourth-order valence-corrected chi connectivity index (χ4v) is 3.69. The first-order chi connectivity index (χ1) is 13.8. The van der Waals surface area contributed by atoms with Crippen LogP contribution >= 0.6 is 0 Å². The number of pyridine rings is 1. The number of piperazine rings is 1. The highest BCUT2D eigenvalue weighted by molar-refractivity contribution is 5.92. The third kappa shape index (κ3) is 3.14. The lowest BCUT2D eigenvalue weighted by Crippen LogP contribution is -2.43. The number of halogens is 1. The average molecular weight is 373 g/mol.